The van der Waals surface area contributed by atoms with Gasteiger partial charge in [0.2, 0.25) is 0 Å². The lowest BCUT2D eigenvalue weighted by Crippen LogP contribution is -2.27. The van der Waals surface area contributed by atoms with Crippen molar-refractivity contribution in [2.75, 3.05) is 28.4 Å². The van der Waals surface area contributed by atoms with Crippen molar-refractivity contribution in [2.24, 2.45) is 0 Å². The van der Waals surface area contributed by atoms with E-state index in [1.165, 1.54) is 18.9 Å². The van der Waals surface area contributed by atoms with Crippen LogP contribution in [-0.4, -0.2) is 44.0 Å². The second-order valence-electron chi connectivity index (χ2n) is 7.42. The fraction of sp³-hybridized carbons (Fsp3) is 0.192. The van der Waals surface area contributed by atoms with Crippen LogP contribution in [0, 0.1) is 0 Å². The number of hydrogen-bond acceptors (Lipinski definition) is 7. The lowest BCUT2D eigenvalue weighted by molar-refractivity contribution is 0.0962. The SMILES string of the molecule is COc1ccc(OC)c(C(=O)Cn2nc(-c3ccc(OC)c(OC)c3)c3ccccc3c2=O)c1. The highest BCUT2D eigenvalue weighted by molar-refractivity contribution is 5.99. The molecule has 0 bridgehead atoms. The Morgan fingerprint density at radius 3 is 2.15 bits per heavy atom. The largest absolute Gasteiger partial charge is 0.497 e. The number of rotatable bonds is 8. The van der Waals surface area contributed by atoms with Crippen LogP contribution in [0.2, 0.25) is 0 Å². The Bertz CT molecular complexity index is 1430. The Kier molecular flexibility index (Phi) is 6.49. The number of carbonyl (C=O) groups excluding carboxylic acids is 1. The molecule has 174 valence electrons. The van der Waals surface area contributed by atoms with Crippen molar-refractivity contribution in [3.05, 3.63) is 76.6 Å². The Balaban J connectivity index is 1.85. The summed E-state index contributed by atoms with van der Waals surface area (Å²) in [6.45, 7) is -0.270. The number of fused-ring (bicyclic) bond motifs is 1. The van der Waals surface area contributed by atoms with E-state index in [0.29, 0.717) is 50.6 Å². The Morgan fingerprint density at radius 1 is 0.794 bits per heavy atom. The van der Waals surface area contributed by atoms with Crippen molar-refractivity contribution >= 4 is 16.6 Å². The summed E-state index contributed by atoms with van der Waals surface area (Å²) < 4.78 is 22.5. The molecule has 3 aromatic carbocycles. The monoisotopic (exact) mass is 460 g/mol. The van der Waals surface area contributed by atoms with E-state index in [2.05, 4.69) is 5.10 Å². The van der Waals surface area contributed by atoms with Crippen LogP contribution in [0.25, 0.3) is 22.0 Å². The van der Waals surface area contributed by atoms with E-state index in [4.69, 9.17) is 18.9 Å². The van der Waals surface area contributed by atoms with Crippen LogP contribution in [0.3, 0.4) is 0 Å². The van der Waals surface area contributed by atoms with Gasteiger partial charge in [-0.15, -0.1) is 0 Å². The van der Waals surface area contributed by atoms with Crippen LogP contribution in [0.1, 0.15) is 10.4 Å². The number of ether oxygens (including phenoxy) is 4. The standard InChI is InChI=1S/C26H24N2O6/c1-31-17-10-12-22(32-2)20(14-17)21(29)15-28-26(30)19-8-6-5-7-18(19)25(27-28)16-9-11-23(33-3)24(13-16)34-4/h5-14H,15H2,1-4H3. The maximum absolute atomic E-state index is 13.2. The molecule has 4 aromatic rings. The summed E-state index contributed by atoms with van der Waals surface area (Å²) in [5.74, 6) is 1.66. The molecule has 0 saturated heterocycles. The Hall–Kier alpha value is -4.33. The van der Waals surface area contributed by atoms with Gasteiger partial charge in [0.05, 0.1) is 45.1 Å². The first kappa shape index (κ1) is 22.8. The average molecular weight is 460 g/mol. The zero-order valence-electron chi connectivity index (χ0n) is 19.3. The first-order valence-corrected chi connectivity index (χ1v) is 10.5. The number of methoxy groups -OCH3 is 4. The van der Waals surface area contributed by atoms with E-state index in [-0.39, 0.29) is 17.9 Å². The fourth-order valence-electron chi connectivity index (χ4n) is 3.79. The number of carbonyl (C=O) groups is 1. The first-order valence-electron chi connectivity index (χ1n) is 10.5. The van der Waals surface area contributed by atoms with Gasteiger partial charge in [0.1, 0.15) is 18.0 Å². The number of ketones is 1. The van der Waals surface area contributed by atoms with Gasteiger partial charge in [-0.3, -0.25) is 9.59 Å². The molecule has 0 spiro atoms. The average Bonchev–Trinajstić information content (AvgIpc) is 2.89. The predicted octanol–water partition coefficient (Wildman–Crippen LogP) is 3.98. The lowest BCUT2D eigenvalue weighted by Gasteiger charge is -2.14. The van der Waals surface area contributed by atoms with Crippen molar-refractivity contribution in [1.29, 1.82) is 0 Å². The van der Waals surface area contributed by atoms with Crippen molar-refractivity contribution in [1.82, 2.24) is 9.78 Å². The van der Waals surface area contributed by atoms with E-state index in [9.17, 15) is 9.59 Å². The number of benzene rings is 3. The van der Waals surface area contributed by atoms with Gasteiger partial charge in [0.25, 0.3) is 5.56 Å². The third-order valence-electron chi connectivity index (χ3n) is 5.53. The maximum atomic E-state index is 13.2. The van der Waals surface area contributed by atoms with Crippen molar-refractivity contribution in [2.45, 2.75) is 6.54 Å². The van der Waals surface area contributed by atoms with Crippen molar-refractivity contribution in [3.8, 4) is 34.3 Å². The molecule has 1 heterocycles. The van der Waals surface area contributed by atoms with Crippen LogP contribution in [-0.2, 0) is 6.54 Å². The Morgan fingerprint density at radius 2 is 1.47 bits per heavy atom. The summed E-state index contributed by atoms with van der Waals surface area (Å²) in [4.78, 5) is 26.4. The van der Waals surface area contributed by atoms with Crippen LogP contribution in [0.15, 0.2) is 65.5 Å². The second-order valence-corrected chi connectivity index (χ2v) is 7.42. The molecule has 8 heteroatoms. The minimum atomic E-state index is -0.366. The van der Waals surface area contributed by atoms with Crippen LogP contribution >= 0.6 is 0 Å². The molecule has 0 saturated carbocycles. The highest BCUT2D eigenvalue weighted by Gasteiger charge is 2.19. The first-order chi connectivity index (χ1) is 16.5. The fourth-order valence-corrected chi connectivity index (χ4v) is 3.79. The number of nitrogens with zero attached hydrogens (tertiary/aromatic N) is 2. The van der Waals surface area contributed by atoms with Gasteiger partial charge in [0.15, 0.2) is 17.3 Å². The zero-order chi connectivity index (χ0) is 24.2. The minimum Gasteiger partial charge on any atom is -0.497 e. The third-order valence-corrected chi connectivity index (χ3v) is 5.53. The van der Waals surface area contributed by atoms with Gasteiger partial charge in [-0.05, 0) is 42.5 Å². The van der Waals surface area contributed by atoms with Crippen LogP contribution < -0.4 is 24.5 Å². The molecule has 0 atom stereocenters. The van der Waals surface area contributed by atoms with Gasteiger partial charge >= 0.3 is 0 Å². The quantitative estimate of drug-likeness (QED) is 0.368. The molecule has 0 aliphatic carbocycles. The highest BCUT2D eigenvalue weighted by atomic mass is 16.5. The van der Waals surface area contributed by atoms with E-state index in [0.717, 1.165) is 0 Å². The predicted molar refractivity (Wildman–Crippen MR) is 128 cm³/mol. The molecule has 0 aliphatic heterocycles. The van der Waals surface area contributed by atoms with E-state index >= 15 is 0 Å². The third kappa shape index (κ3) is 4.17. The van der Waals surface area contributed by atoms with Crippen LogP contribution in [0.4, 0.5) is 0 Å². The van der Waals surface area contributed by atoms with Gasteiger partial charge in [0, 0.05) is 10.9 Å². The van der Waals surface area contributed by atoms with Gasteiger partial charge in [-0.25, -0.2) is 4.68 Å². The number of hydrogen-bond donors (Lipinski definition) is 0. The van der Waals surface area contributed by atoms with Crippen molar-refractivity contribution in [3.63, 3.8) is 0 Å². The summed E-state index contributed by atoms with van der Waals surface area (Å²) in [6, 6.07) is 17.5. The normalized spacial score (nSPS) is 10.7. The van der Waals surface area contributed by atoms with E-state index < -0.39 is 0 Å². The Labute approximate surface area is 196 Å². The molecule has 0 radical (unpaired) electrons. The molecule has 1 aromatic heterocycles. The molecule has 0 amide bonds. The molecular weight excluding hydrogens is 436 g/mol. The van der Waals surface area contributed by atoms with E-state index in [1.807, 2.05) is 18.2 Å². The minimum absolute atomic E-state index is 0.270. The summed E-state index contributed by atoms with van der Waals surface area (Å²) in [5.41, 5.74) is 1.20. The van der Waals surface area contributed by atoms with Gasteiger partial charge in [-0.2, -0.15) is 5.10 Å². The summed E-state index contributed by atoms with van der Waals surface area (Å²) in [7, 11) is 6.10. The number of aromatic nitrogens is 2. The van der Waals surface area contributed by atoms with Crippen molar-refractivity contribution < 1.29 is 23.7 Å². The molecule has 0 fully saturated rings. The maximum Gasteiger partial charge on any atom is 0.275 e. The van der Waals surface area contributed by atoms with E-state index in [1.54, 1.807) is 56.7 Å². The number of Topliss-reactive ketones (excluding diaryl/α,β-unsaturated/α-hetero) is 1. The molecule has 0 N–H and O–H groups in total. The summed E-state index contributed by atoms with van der Waals surface area (Å²) in [5, 5.41) is 5.70. The van der Waals surface area contributed by atoms with Gasteiger partial charge in [-0.1, -0.05) is 18.2 Å². The molecule has 34 heavy (non-hydrogen) atoms. The molecule has 4 rings (SSSR count). The smallest absolute Gasteiger partial charge is 0.275 e. The lowest BCUT2D eigenvalue weighted by atomic mass is 10.0. The zero-order valence-corrected chi connectivity index (χ0v) is 19.3. The molecule has 8 nitrogen and oxygen atoms in total. The summed E-state index contributed by atoms with van der Waals surface area (Å²) in [6.07, 6.45) is 0. The molecular formula is C26H24N2O6. The topological polar surface area (TPSA) is 88.9 Å². The summed E-state index contributed by atoms with van der Waals surface area (Å²) >= 11 is 0. The van der Waals surface area contributed by atoms with Gasteiger partial charge < -0.3 is 18.9 Å². The molecule has 0 aliphatic rings. The van der Waals surface area contributed by atoms with Crippen LogP contribution in [0.5, 0.6) is 23.0 Å². The molecule has 0 unspecified atom stereocenters. The highest BCUT2D eigenvalue weighted by Crippen LogP contribution is 2.33. The second kappa shape index (κ2) is 9.66.